The van der Waals surface area contributed by atoms with Gasteiger partial charge < -0.3 is 5.11 Å². The van der Waals surface area contributed by atoms with Crippen LogP contribution in [0.5, 0.6) is 0 Å². The van der Waals surface area contributed by atoms with Crippen molar-refractivity contribution in [2.45, 2.75) is 18.7 Å². The summed E-state index contributed by atoms with van der Waals surface area (Å²) in [6.07, 6.45) is 4.13. The highest BCUT2D eigenvalue weighted by Crippen LogP contribution is 2.18. The van der Waals surface area contributed by atoms with Crippen LogP contribution < -0.4 is 0 Å². The molecule has 2 heteroatoms. The van der Waals surface area contributed by atoms with Crippen LogP contribution in [0.3, 0.4) is 0 Å². The number of benzene rings is 1. The summed E-state index contributed by atoms with van der Waals surface area (Å²) in [4.78, 5) is 1.27. The fourth-order valence-electron chi connectivity index (χ4n) is 1.31. The van der Waals surface area contributed by atoms with E-state index in [1.165, 1.54) is 4.90 Å². The van der Waals surface area contributed by atoms with E-state index < -0.39 is 0 Å². The highest BCUT2D eigenvalue weighted by Gasteiger charge is 2.01. The topological polar surface area (TPSA) is 20.2 Å². The predicted molar refractivity (Wildman–Crippen MR) is 68.1 cm³/mol. The minimum atomic E-state index is 0.141. The van der Waals surface area contributed by atoms with E-state index >= 15 is 0 Å². The molecule has 1 aromatic rings. The molecular weight excluding hydrogens is 204 g/mol. The largest absolute Gasteiger partial charge is 0.392 e. The summed E-state index contributed by atoms with van der Waals surface area (Å²) < 4.78 is 0. The Bertz CT molecular complexity index is 325. The van der Waals surface area contributed by atoms with Crippen molar-refractivity contribution in [3.63, 3.8) is 0 Å². The SMILES string of the molecule is CSc1ccc(C=C(CO)C(C)C)cc1. The van der Waals surface area contributed by atoms with Crippen LogP contribution in [0.25, 0.3) is 6.08 Å². The smallest absolute Gasteiger partial charge is 0.0647 e. The molecule has 0 atom stereocenters. The molecule has 0 fully saturated rings. The molecule has 0 heterocycles. The van der Waals surface area contributed by atoms with Crippen LogP contribution in [0.15, 0.2) is 34.7 Å². The first-order valence-corrected chi connectivity index (χ1v) is 6.35. The van der Waals surface area contributed by atoms with Crippen molar-refractivity contribution in [1.29, 1.82) is 0 Å². The Morgan fingerprint density at radius 3 is 2.33 bits per heavy atom. The summed E-state index contributed by atoms with van der Waals surface area (Å²) in [7, 11) is 0. The van der Waals surface area contributed by atoms with Crippen LogP contribution in [0.2, 0.25) is 0 Å². The van der Waals surface area contributed by atoms with E-state index in [-0.39, 0.29) is 6.61 Å². The Morgan fingerprint density at radius 2 is 1.93 bits per heavy atom. The number of aliphatic hydroxyl groups is 1. The van der Waals surface area contributed by atoms with Crippen LogP contribution in [-0.2, 0) is 0 Å². The van der Waals surface area contributed by atoms with E-state index in [9.17, 15) is 5.11 Å². The van der Waals surface area contributed by atoms with Gasteiger partial charge in [-0.3, -0.25) is 0 Å². The molecule has 0 radical (unpaired) electrons. The maximum Gasteiger partial charge on any atom is 0.0647 e. The van der Waals surface area contributed by atoms with Gasteiger partial charge in [0.25, 0.3) is 0 Å². The standard InChI is InChI=1S/C13H18OS/c1-10(2)12(9-14)8-11-4-6-13(15-3)7-5-11/h4-8,10,14H,9H2,1-3H3. The molecule has 0 aliphatic carbocycles. The third kappa shape index (κ3) is 3.73. The minimum Gasteiger partial charge on any atom is -0.392 e. The van der Waals surface area contributed by atoms with Gasteiger partial charge in [-0.05, 0) is 35.4 Å². The van der Waals surface area contributed by atoms with E-state index in [1.807, 2.05) is 0 Å². The highest BCUT2D eigenvalue weighted by molar-refractivity contribution is 7.98. The van der Waals surface area contributed by atoms with Gasteiger partial charge in [0.05, 0.1) is 6.61 Å². The average Bonchev–Trinajstić information content (AvgIpc) is 2.26. The van der Waals surface area contributed by atoms with Gasteiger partial charge in [0.2, 0.25) is 0 Å². The molecule has 1 rings (SSSR count). The van der Waals surface area contributed by atoms with Crippen LogP contribution in [0, 0.1) is 5.92 Å². The first-order chi connectivity index (χ1) is 7.17. The summed E-state index contributed by atoms with van der Waals surface area (Å²) in [5.74, 6) is 0.398. The van der Waals surface area contributed by atoms with Crippen LogP contribution in [0.4, 0.5) is 0 Å². The van der Waals surface area contributed by atoms with E-state index in [0.717, 1.165) is 11.1 Å². The average molecular weight is 222 g/mol. The number of rotatable bonds is 4. The summed E-state index contributed by atoms with van der Waals surface area (Å²) in [5, 5.41) is 9.19. The third-order valence-corrected chi connectivity index (χ3v) is 3.14. The van der Waals surface area contributed by atoms with Gasteiger partial charge in [0.1, 0.15) is 0 Å². The lowest BCUT2D eigenvalue weighted by Gasteiger charge is -2.08. The van der Waals surface area contributed by atoms with E-state index in [2.05, 4.69) is 50.4 Å². The molecule has 0 unspecified atom stereocenters. The van der Waals surface area contributed by atoms with Gasteiger partial charge in [0, 0.05) is 4.90 Å². The van der Waals surface area contributed by atoms with Crippen molar-refractivity contribution >= 4 is 17.8 Å². The Hall–Kier alpha value is -0.730. The van der Waals surface area contributed by atoms with Crippen molar-refractivity contribution in [2.75, 3.05) is 12.9 Å². The van der Waals surface area contributed by atoms with Crippen molar-refractivity contribution in [2.24, 2.45) is 5.92 Å². The lowest BCUT2D eigenvalue weighted by atomic mass is 10.0. The van der Waals surface area contributed by atoms with E-state index in [1.54, 1.807) is 11.8 Å². The Labute approximate surface area is 96.2 Å². The Morgan fingerprint density at radius 1 is 1.33 bits per heavy atom. The zero-order valence-corrected chi connectivity index (χ0v) is 10.3. The van der Waals surface area contributed by atoms with Crippen molar-refractivity contribution in [1.82, 2.24) is 0 Å². The molecule has 0 amide bonds. The molecular formula is C13H18OS. The monoisotopic (exact) mass is 222 g/mol. The van der Waals surface area contributed by atoms with Crippen LogP contribution >= 0.6 is 11.8 Å². The molecule has 82 valence electrons. The summed E-state index contributed by atoms with van der Waals surface area (Å²) in [5.41, 5.74) is 2.23. The van der Waals surface area contributed by atoms with Crippen LogP contribution in [0.1, 0.15) is 19.4 Å². The zero-order chi connectivity index (χ0) is 11.3. The molecule has 0 saturated carbocycles. The first-order valence-electron chi connectivity index (χ1n) is 5.12. The number of hydrogen-bond donors (Lipinski definition) is 1. The molecule has 15 heavy (non-hydrogen) atoms. The van der Waals surface area contributed by atoms with Crippen molar-refractivity contribution < 1.29 is 5.11 Å². The van der Waals surface area contributed by atoms with Gasteiger partial charge in [0.15, 0.2) is 0 Å². The molecule has 0 spiro atoms. The van der Waals surface area contributed by atoms with Gasteiger partial charge in [-0.15, -0.1) is 11.8 Å². The van der Waals surface area contributed by atoms with E-state index in [4.69, 9.17) is 0 Å². The van der Waals surface area contributed by atoms with Gasteiger partial charge in [-0.2, -0.15) is 0 Å². The summed E-state index contributed by atoms with van der Waals surface area (Å²) in [6, 6.07) is 8.38. The molecule has 1 N–H and O–H groups in total. The second-order valence-corrected chi connectivity index (χ2v) is 4.68. The fourth-order valence-corrected chi connectivity index (χ4v) is 1.72. The molecule has 0 aliphatic rings. The van der Waals surface area contributed by atoms with Gasteiger partial charge >= 0.3 is 0 Å². The third-order valence-electron chi connectivity index (χ3n) is 2.39. The second-order valence-electron chi connectivity index (χ2n) is 3.81. The molecule has 1 nitrogen and oxygen atoms in total. The molecule has 0 aromatic heterocycles. The second kappa shape index (κ2) is 5.99. The molecule has 0 aliphatic heterocycles. The maximum absolute atomic E-state index is 9.19. The lowest BCUT2D eigenvalue weighted by Crippen LogP contribution is -1.98. The zero-order valence-electron chi connectivity index (χ0n) is 9.53. The molecule has 1 aromatic carbocycles. The summed E-state index contributed by atoms with van der Waals surface area (Å²) >= 11 is 1.74. The number of hydrogen-bond acceptors (Lipinski definition) is 2. The van der Waals surface area contributed by atoms with Crippen LogP contribution in [-0.4, -0.2) is 18.0 Å². The number of thioether (sulfide) groups is 1. The fraction of sp³-hybridized carbons (Fsp3) is 0.385. The normalized spacial score (nSPS) is 12.2. The molecule has 0 saturated heterocycles. The Balaban J connectivity index is 2.87. The lowest BCUT2D eigenvalue weighted by molar-refractivity contribution is 0.320. The maximum atomic E-state index is 9.19. The van der Waals surface area contributed by atoms with Gasteiger partial charge in [-0.25, -0.2) is 0 Å². The Kier molecular flexibility index (Phi) is 4.92. The summed E-state index contributed by atoms with van der Waals surface area (Å²) in [6.45, 7) is 4.33. The quantitative estimate of drug-likeness (QED) is 0.787. The minimum absolute atomic E-state index is 0.141. The molecule has 0 bridgehead atoms. The van der Waals surface area contributed by atoms with E-state index in [0.29, 0.717) is 5.92 Å². The predicted octanol–water partition coefficient (Wildman–Crippen LogP) is 3.44. The number of aliphatic hydroxyl groups excluding tert-OH is 1. The van der Waals surface area contributed by atoms with Crippen molar-refractivity contribution in [3.8, 4) is 0 Å². The first kappa shape index (κ1) is 12.3. The van der Waals surface area contributed by atoms with Crippen molar-refractivity contribution in [3.05, 3.63) is 35.4 Å². The highest BCUT2D eigenvalue weighted by atomic mass is 32.2. The van der Waals surface area contributed by atoms with Gasteiger partial charge in [-0.1, -0.05) is 32.1 Å².